The van der Waals surface area contributed by atoms with E-state index in [2.05, 4.69) is 11.9 Å². The van der Waals surface area contributed by atoms with Gasteiger partial charge in [0.15, 0.2) is 11.5 Å². The highest BCUT2D eigenvalue weighted by atomic mass is 32.1. The second-order valence-electron chi connectivity index (χ2n) is 8.58. The van der Waals surface area contributed by atoms with E-state index in [9.17, 15) is 9.59 Å². The predicted molar refractivity (Wildman–Crippen MR) is 152 cm³/mol. The van der Waals surface area contributed by atoms with Gasteiger partial charge in [-0.3, -0.25) is 4.79 Å². The molecule has 0 spiro atoms. The molecule has 0 saturated heterocycles. The summed E-state index contributed by atoms with van der Waals surface area (Å²) in [7, 11) is 4.74. The molecule has 9 heteroatoms. The maximum atomic E-state index is 13.6. The first-order valence-corrected chi connectivity index (χ1v) is 13.1. The molecular weight excluding hydrogens is 502 g/mol. The Hall–Kier alpha value is -3.98. The summed E-state index contributed by atoms with van der Waals surface area (Å²) in [5, 5.41) is 4.87. The molecule has 0 atom stereocenters. The number of para-hydroxylation sites is 2. The minimum Gasteiger partial charge on any atom is -0.495 e. The highest BCUT2D eigenvalue weighted by molar-refractivity contribution is 7.10. The summed E-state index contributed by atoms with van der Waals surface area (Å²) in [5.74, 6) is 1.67. The van der Waals surface area contributed by atoms with Gasteiger partial charge in [0.25, 0.3) is 0 Å². The third-order valence-corrected chi connectivity index (χ3v) is 7.09. The fourth-order valence-electron chi connectivity index (χ4n) is 3.91. The number of thiophene rings is 1. The third kappa shape index (κ3) is 7.52. The lowest BCUT2D eigenvalue weighted by Crippen LogP contribution is -2.45. The average Bonchev–Trinajstić information content (AvgIpc) is 3.34. The molecule has 1 heterocycles. The van der Waals surface area contributed by atoms with E-state index >= 15 is 0 Å². The lowest BCUT2D eigenvalue weighted by Gasteiger charge is -2.27. The minimum absolute atomic E-state index is 0.0939. The van der Waals surface area contributed by atoms with Crippen molar-refractivity contribution in [2.45, 2.75) is 19.9 Å². The first-order valence-electron chi connectivity index (χ1n) is 12.2. The van der Waals surface area contributed by atoms with E-state index in [1.165, 1.54) is 4.90 Å². The van der Waals surface area contributed by atoms with E-state index in [4.69, 9.17) is 14.2 Å². The fraction of sp³-hybridized carbons (Fsp3) is 0.310. The second-order valence-corrected chi connectivity index (χ2v) is 9.58. The minimum atomic E-state index is -0.408. The molecule has 0 fully saturated rings. The number of benzene rings is 2. The fourth-order valence-corrected chi connectivity index (χ4v) is 4.83. The molecule has 38 heavy (non-hydrogen) atoms. The standard InChI is InChI=1S/C29H35N3O5S/c1-6-15-32(29(34)30-23-9-7-8-10-24(23)35-3)20-28(33)31(19-27-21(2)14-17-38-27)16-13-22-11-12-25(36-4)26(18-22)37-5/h6-12,14,17-18H,1,13,15-16,19-20H2,2-5H3,(H,30,34). The van der Waals surface area contributed by atoms with Crippen LogP contribution in [0.3, 0.4) is 0 Å². The topological polar surface area (TPSA) is 80.3 Å². The molecule has 0 aliphatic carbocycles. The molecule has 0 aliphatic rings. The number of ether oxygens (including phenoxy) is 3. The van der Waals surface area contributed by atoms with Crippen molar-refractivity contribution in [3.05, 3.63) is 82.6 Å². The van der Waals surface area contributed by atoms with Crippen molar-refractivity contribution >= 4 is 29.0 Å². The van der Waals surface area contributed by atoms with Crippen LogP contribution in [0.1, 0.15) is 16.0 Å². The molecule has 0 saturated carbocycles. The zero-order chi connectivity index (χ0) is 27.5. The average molecular weight is 538 g/mol. The lowest BCUT2D eigenvalue weighted by atomic mass is 10.1. The Labute approximate surface area is 228 Å². The van der Waals surface area contributed by atoms with Crippen molar-refractivity contribution in [2.75, 3.05) is 46.3 Å². The highest BCUT2D eigenvalue weighted by Gasteiger charge is 2.22. The van der Waals surface area contributed by atoms with Crippen LogP contribution in [0, 0.1) is 6.92 Å². The van der Waals surface area contributed by atoms with Crippen molar-refractivity contribution in [3.8, 4) is 17.2 Å². The van der Waals surface area contributed by atoms with Crippen LogP contribution < -0.4 is 19.5 Å². The Morgan fingerprint density at radius 1 is 0.974 bits per heavy atom. The molecule has 8 nitrogen and oxygen atoms in total. The van der Waals surface area contributed by atoms with E-state index in [0.29, 0.717) is 42.4 Å². The number of hydrogen-bond donors (Lipinski definition) is 1. The zero-order valence-corrected chi connectivity index (χ0v) is 23.2. The van der Waals surface area contributed by atoms with Crippen LogP contribution in [0.25, 0.3) is 0 Å². The van der Waals surface area contributed by atoms with E-state index in [-0.39, 0.29) is 19.0 Å². The summed E-state index contributed by atoms with van der Waals surface area (Å²) in [6.45, 7) is 6.86. The number of hydrogen-bond acceptors (Lipinski definition) is 6. The van der Waals surface area contributed by atoms with Crippen LogP contribution in [0.5, 0.6) is 17.2 Å². The number of amides is 3. The van der Waals surface area contributed by atoms with E-state index in [1.807, 2.05) is 42.6 Å². The van der Waals surface area contributed by atoms with E-state index in [1.54, 1.807) is 61.8 Å². The SMILES string of the molecule is C=CCN(CC(=O)N(CCc1ccc(OC)c(OC)c1)Cc1sccc1C)C(=O)Nc1ccccc1OC. The molecule has 2 aromatic carbocycles. The number of rotatable bonds is 13. The van der Waals surface area contributed by atoms with Crippen LogP contribution >= 0.6 is 11.3 Å². The van der Waals surface area contributed by atoms with Gasteiger partial charge in [-0.05, 0) is 60.2 Å². The number of carbonyl (C=O) groups excluding carboxylic acids is 2. The van der Waals surface area contributed by atoms with Gasteiger partial charge in [-0.25, -0.2) is 4.79 Å². The highest BCUT2D eigenvalue weighted by Crippen LogP contribution is 2.28. The van der Waals surface area contributed by atoms with Crippen molar-refractivity contribution in [2.24, 2.45) is 0 Å². The second kappa shape index (κ2) is 14.1. The molecule has 0 unspecified atom stereocenters. The van der Waals surface area contributed by atoms with Gasteiger partial charge in [0.05, 0.1) is 33.6 Å². The summed E-state index contributed by atoms with van der Waals surface area (Å²) in [5.41, 5.74) is 2.68. The van der Waals surface area contributed by atoms with Gasteiger partial charge in [-0.1, -0.05) is 24.3 Å². The van der Waals surface area contributed by atoms with Crippen LogP contribution in [-0.2, 0) is 17.8 Å². The van der Waals surface area contributed by atoms with Gasteiger partial charge < -0.3 is 29.3 Å². The van der Waals surface area contributed by atoms with Crippen LogP contribution in [0.15, 0.2) is 66.6 Å². The molecular formula is C29H35N3O5S. The van der Waals surface area contributed by atoms with E-state index < -0.39 is 6.03 Å². The summed E-state index contributed by atoms with van der Waals surface area (Å²) in [6, 6.07) is 14.5. The number of nitrogens with zero attached hydrogens (tertiary/aromatic N) is 2. The van der Waals surface area contributed by atoms with Crippen LogP contribution in [0.2, 0.25) is 0 Å². The summed E-state index contributed by atoms with van der Waals surface area (Å²) >= 11 is 1.62. The third-order valence-electron chi connectivity index (χ3n) is 6.09. The lowest BCUT2D eigenvalue weighted by molar-refractivity contribution is -0.132. The first-order chi connectivity index (χ1) is 18.4. The van der Waals surface area contributed by atoms with Crippen molar-refractivity contribution in [1.29, 1.82) is 0 Å². The Morgan fingerprint density at radius 3 is 2.37 bits per heavy atom. The summed E-state index contributed by atoms with van der Waals surface area (Å²) in [4.78, 5) is 31.1. The zero-order valence-electron chi connectivity index (χ0n) is 22.4. The molecule has 3 rings (SSSR count). The molecule has 1 N–H and O–H groups in total. The summed E-state index contributed by atoms with van der Waals surface area (Å²) < 4.78 is 16.1. The van der Waals surface area contributed by atoms with Crippen molar-refractivity contribution in [3.63, 3.8) is 0 Å². The molecule has 0 radical (unpaired) electrons. The quantitative estimate of drug-likeness (QED) is 0.297. The molecule has 1 aromatic heterocycles. The Bertz CT molecular complexity index is 1240. The van der Waals surface area contributed by atoms with E-state index in [0.717, 1.165) is 16.0 Å². The Balaban J connectivity index is 1.77. The Kier molecular flexibility index (Phi) is 10.6. The normalized spacial score (nSPS) is 10.4. The number of anilines is 1. The van der Waals surface area contributed by atoms with Crippen molar-refractivity contribution < 1.29 is 23.8 Å². The molecule has 3 aromatic rings. The van der Waals surface area contributed by atoms with Gasteiger partial charge in [-0.2, -0.15) is 0 Å². The molecule has 202 valence electrons. The largest absolute Gasteiger partial charge is 0.495 e. The van der Waals surface area contributed by atoms with Gasteiger partial charge in [0, 0.05) is 18.0 Å². The molecule has 0 bridgehead atoms. The van der Waals surface area contributed by atoms with Gasteiger partial charge in [-0.15, -0.1) is 17.9 Å². The smallest absolute Gasteiger partial charge is 0.322 e. The number of aryl methyl sites for hydroxylation is 1. The summed E-state index contributed by atoms with van der Waals surface area (Å²) in [6.07, 6.45) is 2.22. The molecule has 0 aliphatic heterocycles. The van der Waals surface area contributed by atoms with Crippen molar-refractivity contribution in [1.82, 2.24) is 9.80 Å². The number of carbonyl (C=O) groups is 2. The number of nitrogens with one attached hydrogen (secondary N) is 1. The monoisotopic (exact) mass is 537 g/mol. The number of urea groups is 1. The van der Waals surface area contributed by atoms with Gasteiger partial charge in [0.1, 0.15) is 12.3 Å². The van der Waals surface area contributed by atoms with Crippen LogP contribution in [0.4, 0.5) is 10.5 Å². The number of methoxy groups -OCH3 is 3. The predicted octanol–water partition coefficient (Wildman–Crippen LogP) is 5.37. The maximum Gasteiger partial charge on any atom is 0.322 e. The Morgan fingerprint density at radius 2 is 1.71 bits per heavy atom. The van der Waals surface area contributed by atoms with Gasteiger partial charge >= 0.3 is 6.03 Å². The van der Waals surface area contributed by atoms with Crippen LogP contribution in [-0.4, -0.2) is 62.7 Å². The van der Waals surface area contributed by atoms with Gasteiger partial charge in [0.2, 0.25) is 5.91 Å². The first kappa shape index (κ1) is 28.6. The maximum absolute atomic E-state index is 13.6. The molecule has 3 amide bonds.